The summed E-state index contributed by atoms with van der Waals surface area (Å²) < 4.78 is 5.46. The molecule has 2 fully saturated rings. The Kier molecular flexibility index (Phi) is 3.71. The van der Waals surface area contributed by atoms with Gasteiger partial charge in [-0.15, -0.1) is 11.3 Å². The summed E-state index contributed by atoms with van der Waals surface area (Å²) in [7, 11) is 0. The van der Waals surface area contributed by atoms with Crippen LogP contribution in [0.4, 0.5) is 0 Å². The van der Waals surface area contributed by atoms with Crippen LogP contribution in [0.2, 0.25) is 0 Å². The van der Waals surface area contributed by atoms with Gasteiger partial charge >= 0.3 is 0 Å². The van der Waals surface area contributed by atoms with E-state index in [1.165, 1.54) is 11.3 Å². The van der Waals surface area contributed by atoms with E-state index in [2.05, 4.69) is 22.0 Å². The fraction of sp³-hybridized carbons (Fsp3) is 0.647. The molecule has 0 spiro atoms. The Labute approximate surface area is 145 Å². The number of nitrogens with zero attached hydrogens (tertiary/aromatic N) is 4. The monoisotopic (exact) mass is 346 g/mol. The lowest BCUT2D eigenvalue weighted by atomic mass is 9.87. The maximum atomic E-state index is 13.2. The minimum absolute atomic E-state index is 0.0399. The standard InChI is InChI=1S/C17H22N4O2S/c1-10-13(24-11(2)18-10)15(22)21-9-5-4-8-17(21,3)16-19-14(23-20-16)12-6-7-12/h12H,4-9H2,1-3H3. The molecule has 0 aromatic carbocycles. The molecule has 1 saturated carbocycles. The predicted molar refractivity (Wildman–Crippen MR) is 90.1 cm³/mol. The van der Waals surface area contributed by atoms with Gasteiger partial charge in [0, 0.05) is 12.5 Å². The van der Waals surface area contributed by atoms with Crippen molar-refractivity contribution in [2.24, 2.45) is 0 Å². The molecule has 1 aliphatic carbocycles. The van der Waals surface area contributed by atoms with E-state index in [0.717, 1.165) is 60.1 Å². The van der Waals surface area contributed by atoms with Crippen LogP contribution in [0.5, 0.6) is 0 Å². The number of hydrogen-bond donors (Lipinski definition) is 0. The highest BCUT2D eigenvalue weighted by Gasteiger charge is 2.44. The molecule has 2 aromatic rings. The van der Waals surface area contributed by atoms with Gasteiger partial charge in [0.1, 0.15) is 10.4 Å². The van der Waals surface area contributed by atoms with E-state index in [0.29, 0.717) is 11.7 Å². The highest BCUT2D eigenvalue weighted by atomic mass is 32.1. The summed E-state index contributed by atoms with van der Waals surface area (Å²) in [6.07, 6.45) is 5.18. The average molecular weight is 346 g/mol. The average Bonchev–Trinajstić information content (AvgIpc) is 3.17. The normalized spacial score (nSPS) is 24.4. The van der Waals surface area contributed by atoms with Gasteiger partial charge in [-0.3, -0.25) is 4.79 Å². The molecule has 128 valence electrons. The fourth-order valence-electron chi connectivity index (χ4n) is 3.48. The van der Waals surface area contributed by atoms with Crippen molar-refractivity contribution < 1.29 is 9.32 Å². The highest BCUT2D eigenvalue weighted by molar-refractivity contribution is 7.13. The molecule has 0 N–H and O–H groups in total. The lowest BCUT2D eigenvalue weighted by Gasteiger charge is -2.42. The summed E-state index contributed by atoms with van der Waals surface area (Å²) in [5.74, 6) is 1.84. The van der Waals surface area contributed by atoms with E-state index in [1.807, 2.05) is 18.7 Å². The fourth-order valence-corrected chi connectivity index (χ4v) is 4.35. The van der Waals surface area contributed by atoms with E-state index in [-0.39, 0.29) is 5.91 Å². The van der Waals surface area contributed by atoms with Gasteiger partial charge in [0.25, 0.3) is 5.91 Å². The molecule has 0 radical (unpaired) electrons. The van der Waals surface area contributed by atoms with Crippen molar-refractivity contribution in [2.45, 2.75) is 64.3 Å². The van der Waals surface area contributed by atoms with Crippen molar-refractivity contribution in [2.75, 3.05) is 6.54 Å². The van der Waals surface area contributed by atoms with Crippen LogP contribution in [0.25, 0.3) is 0 Å². The molecule has 4 rings (SSSR count). The quantitative estimate of drug-likeness (QED) is 0.849. The molecule has 1 amide bonds. The first kappa shape index (κ1) is 15.7. The van der Waals surface area contributed by atoms with Crippen LogP contribution in [0.1, 0.15) is 77.0 Å². The molecule has 24 heavy (non-hydrogen) atoms. The Bertz CT molecular complexity index is 779. The van der Waals surface area contributed by atoms with E-state index in [4.69, 9.17) is 4.52 Å². The molecule has 0 bridgehead atoms. The highest BCUT2D eigenvalue weighted by Crippen LogP contribution is 2.42. The van der Waals surface area contributed by atoms with Gasteiger partial charge < -0.3 is 9.42 Å². The zero-order valence-electron chi connectivity index (χ0n) is 14.3. The van der Waals surface area contributed by atoms with E-state index in [1.54, 1.807) is 0 Å². The molecule has 6 nitrogen and oxygen atoms in total. The van der Waals surface area contributed by atoms with Crippen LogP contribution in [0.3, 0.4) is 0 Å². The second-order valence-electron chi connectivity index (χ2n) is 7.07. The van der Waals surface area contributed by atoms with Crippen LogP contribution in [0, 0.1) is 13.8 Å². The molecule has 1 unspecified atom stereocenters. The van der Waals surface area contributed by atoms with Crippen LogP contribution >= 0.6 is 11.3 Å². The maximum absolute atomic E-state index is 13.2. The third-order valence-electron chi connectivity index (χ3n) is 5.08. The summed E-state index contributed by atoms with van der Waals surface area (Å²) in [5.41, 5.74) is 0.304. The van der Waals surface area contributed by atoms with Crippen molar-refractivity contribution in [3.05, 3.63) is 27.3 Å². The third kappa shape index (κ3) is 2.55. The summed E-state index contributed by atoms with van der Waals surface area (Å²) in [6, 6.07) is 0. The molecular weight excluding hydrogens is 324 g/mol. The van der Waals surface area contributed by atoms with Crippen molar-refractivity contribution in [3.8, 4) is 0 Å². The van der Waals surface area contributed by atoms with Gasteiger partial charge in [-0.25, -0.2) is 4.98 Å². The SMILES string of the molecule is Cc1nc(C)c(C(=O)N2CCCCC2(C)c2noc(C3CC3)n2)s1. The molecule has 7 heteroatoms. The van der Waals surface area contributed by atoms with E-state index < -0.39 is 5.54 Å². The number of carbonyl (C=O) groups is 1. The van der Waals surface area contributed by atoms with Gasteiger partial charge in [0.15, 0.2) is 5.82 Å². The first-order chi connectivity index (χ1) is 11.5. The van der Waals surface area contributed by atoms with E-state index in [9.17, 15) is 4.79 Å². The summed E-state index contributed by atoms with van der Waals surface area (Å²) in [6.45, 7) is 6.62. The first-order valence-electron chi connectivity index (χ1n) is 8.59. The molecule has 2 aliphatic rings. The molecule has 2 aromatic heterocycles. The smallest absolute Gasteiger partial charge is 0.266 e. The number of thiazole rings is 1. The number of rotatable bonds is 3. The minimum Gasteiger partial charge on any atom is -0.339 e. The minimum atomic E-state index is -0.504. The number of aromatic nitrogens is 3. The zero-order chi connectivity index (χ0) is 16.9. The second kappa shape index (κ2) is 5.65. The Balaban J connectivity index is 1.68. The van der Waals surface area contributed by atoms with Crippen molar-refractivity contribution in [1.82, 2.24) is 20.0 Å². The van der Waals surface area contributed by atoms with Gasteiger partial charge in [-0.2, -0.15) is 4.98 Å². The Hall–Kier alpha value is -1.76. The maximum Gasteiger partial charge on any atom is 0.266 e. The number of piperidine rings is 1. The number of likely N-dealkylation sites (tertiary alicyclic amines) is 1. The van der Waals surface area contributed by atoms with Gasteiger partial charge in [0.05, 0.1) is 10.7 Å². The van der Waals surface area contributed by atoms with Crippen molar-refractivity contribution in [1.29, 1.82) is 0 Å². The molecular formula is C17H22N4O2S. The van der Waals surface area contributed by atoms with E-state index >= 15 is 0 Å². The predicted octanol–water partition coefficient (Wildman–Crippen LogP) is 3.56. The summed E-state index contributed by atoms with van der Waals surface area (Å²) in [4.78, 5) is 24.9. The van der Waals surface area contributed by atoms with Crippen molar-refractivity contribution >= 4 is 17.2 Å². The first-order valence-corrected chi connectivity index (χ1v) is 9.41. The number of hydrogen-bond acceptors (Lipinski definition) is 6. The zero-order valence-corrected chi connectivity index (χ0v) is 15.2. The van der Waals surface area contributed by atoms with Crippen LogP contribution < -0.4 is 0 Å². The Morgan fingerprint density at radius 3 is 2.75 bits per heavy atom. The molecule has 1 aliphatic heterocycles. The van der Waals surface area contributed by atoms with Crippen LogP contribution in [-0.4, -0.2) is 32.5 Å². The number of aryl methyl sites for hydroxylation is 2. The van der Waals surface area contributed by atoms with Gasteiger partial charge in [-0.05, 0) is 52.9 Å². The lowest BCUT2D eigenvalue weighted by molar-refractivity contribution is 0.0329. The van der Waals surface area contributed by atoms with Crippen LogP contribution in [-0.2, 0) is 5.54 Å². The molecule has 1 saturated heterocycles. The largest absolute Gasteiger partial charge is 0.339 e. The van der Waals surface area contributed by atoms with Crippen LogP contribution in [0.15, 0.2) is 4.52 Å². The van der Waals surface area contributed by atoms with Gasteiger partial charge in [0.2, 0.25) is 5.89 Å². The summed E-state index contributed by atoms with van der Waals surface area (Å²) in [5, 5.41) is 5.16. The Morgan fingerprint density at radius 2 is 2.08 bits per heavy atom. The molecule has 1 atom stereocenters. The lowest BCUT2D eigenvalue weighted by Crippen LogP contribution is -2.51. The van der Waals surface area contributed by atoms with Gasteiger partial charge in [-0.1, -0.05) is 5.16 Å². The number of amides is 1. The Morgan fingerprint density at radius 1 is 1.29 bits per heavy atom. The molecule has 3 heterocycles. The summed E-state index contributed by atoms with van der Waals surface area (Å²) >= 11 is 1.47. The van der Waals surface area contributed by atoms with Crippen molar-refractivity contribution in [3.63, 3.8) is 0 Å². The second-order valence-corrected chi connectivity index (χ2v) is 8.27. The third-order valence-corrected chi connectivity index (χ3v) is 6.14. The topological polar surface area (TPSA) is 72.1 Å². The number of carbonyl (C=O) groups excluding carboxylic acids is 1.